The Morgan fingerprint density at radius 1 is 0.750 bits per heavy atom. The van der Waals surface area contributed by atoms with Gasteiger partial charge >= 0.3 is 0 Å². The lowest BCUT2D eigenvalue weighted by molar-refractivity contribution is 0.0629. The molecule has 3 aromatic carbocycles. The minimum Gasteiger partial charge on any atom is -0.497 e. The highest BCUT2D eigenvalue weighted by atomic mass is 16.5. The van der Waals surface area contributed by atoms with Gasteiger partial charge in [0.25, 0.3) is 0 Å². The number of rotatable bonds is 5. The molecule has 3 aromatic rings. The second kappa shape index (κ2) is 7.44. The van der Waals surface area contributed by atoms with Crippen LogP contribution < -0.4 is 19.3 Å². The third-order valence-corrected chi connectivity index (χ3v) is 5.23. The monoisotopic (exact) mass is 376 g/mol. The van der Waals surface area contributed by atoms with E-state index in [0.717, 1.165) is 28.4 Å². The second-order valence-corrected chi connectivity index (χ2v) is 6.85. The molecule has 5 heteroatoms. The zero-order valence-electron chi connectivity index (χ0n) is 16.1. The van der Waals surface area contributed by atoms with Crippen LogP contribution in [0, 0.1) is 0 Å². The summed E-state index contributed by atoms with van der Waals surface area (Å²) in [5, 5.41) is 11.8. The predicted octanol–water partition coefficient (Wildman–Crippen LogP) is 3.83. The first-order valence-electron chi connectivity index (χ1n) is 9.22. The quantitative estimate of drug-likeness (QED) is 0.733. The topological polar surface area (TPSA) is 45.2 Å². The van der Waals surface area contributed by atoms with Crippen LogP contribution in [0.5, 0.6) is 11.5 Å². The van der Waals surface area contributed by atoms with Crippen LogP contribution >= 0.6 is 0 Å². The Labute approximate surface area is 165 Å². The number of methoxy groups -OCH3 is 2. The van der Waals surface area contributed by atoms with Crippen LogP contribution in [0.15, 0.2) is 78.9 Å². The van der Waals surface area contributed by atoms with Crippen molar-refractivity contribution in [2.45, 2.75) is 5.72 Å². The highest BCUT2D eigenvalue weighted by Crippen LogP contribution is 2.39. The fourth-order valence-electron chi connectivity index (χ4n) is 3.66. The summed E-state index contributed by atoms with van der Waals surface area (Å²) >= 11 is 0. The van der Waals surface area contributed by atoms with Crippen LogP contribution in [0.1, 0.15) is 5.56 Å². The van der Waals surface area contributed by atoms with Gasteiger partial charge < -0.3 is 24.4 Å². The molecule has 0 saturated carbocycles. The van der Waals surface area contributed by atoms with Crippen LogP contribution in [0.25, 0.3) is 0 Å². The van der Waals surface area contributed by atoms with Gasteiger partial charge in [-0.25, -0.2) is 0 Å². The van der Waals surface area contributed by atoms with E-state index in [2.05, 4.69) is 4.90 Å². The molecule has 1 heterocycles. The van der Waals surface area contributed by atoms with E-state index in [1.165, 1.54) is 0 Å². The molecule has 1 fully saturated rings. The zero-order chi connectivity index (χ0) is 19.6. The fraction of sp³-hybridized carbons (Fsp3) is 0.217. The van der Waals surface area contributed by atoms with Crippen LogP contribution in [0.2, 0.25) is 0 Å². The van der Waals surface area contributed by atoms with E-state index in [1.807, 2.05) is 83.8 Å². The lowest BCUT2D eigenvalue weighted by Gasteiger charge is -2.34. The molecular formula is C23H24N2O3. The van der Waals surface area contributed by atoms with Crippen LogP contribution in [0.4, 0.5) is 11.4 Å². The van der Waals surface area contributed by atoms with Crippen molar-refractivity contribution in [3.05, 3.63) is 84.4 Å². The summed E-state index contributed by atoms with van der Waals surface area (Å²) in [4.78, 5) is 4.18. The van der Waals surface area contributed by atoms with Gasteiger partial charge in [0.15, 0.2) is 5.72 Å². The van der Waals surface area contributed by atoms with Gasteiger partial charge in [0, 0.05) is 16.9 Å². The number of hydrogen-bond acceptors (Lipinski definition) is 5. The first kappa shape index (κ1) is 18.2. The minimum absolute atomic E-state index is 0.454. The van der Waals surface area contributed by atoms with Gasteiger partial charge in [-0.05, 0) is 48.5 Å². The van der Waals surface area contributed by atoms with Gasteiger partial charge in [-0.1, -0.05) is 30.3 Å². The van der Waals surface area contributed by atoms with E-state index in [1.54, 1.807) is 14.2 Å². The molecule has 28 heavy (non-hydrogen) atoms. The number of nitrogens with zero attached hydrogens (tertiary/aromatic N) is 2. The number of hydrogen-bond donors (Lipinski definition) is 1. The van der Waals surface area contributed by atoms with E-state index in [4.69, 9.17) is 9.47 Å². The summed E-state index contributed by atoms with van der Waals surface area (Å²) in [6, 6.07) is 25.5. The van der Waals surface area contributed by atoms with E-state index in [0.29, 0.717) is 13.2 Å². The van der Waals surface area contributed by atoms with Crippen molar-refractivity contribution in [1.29, 1.82) is 0 Å². The summed E-state index contributed by atoms with van der Waals surface area (Å²) in [5.74, 6) is 1.60. The van der Waals surface area contributed by atoms with Crippen molar-refractivity contribution in [2.75, 3.05) is 37.2 Å². The molecule has 0 aliphatic carbocycles. The SMILES string of the molecule is COc1ccc(N2CN(c3ccc(OC)cc3)C(O)(c3ccccc3)C2)cc1. The minimum atomic E-state index is -1.14. The Kier molecular flexibility index (Phi) is 4.84. The van der Waals surface area contributed by atoms with Crippen LogP contribution in [-0.2, 0) is 5.72 Å². The molecule has 4 rings (SSSR count). The highest BCUT2D eigenvalue weighted by molar-refractivity contribution is 5.60. The van der Waals surface area contributed by atoms with Crippen molar-refractivity contribution < 1.29 is 14.6 Å². The largest absolute Gasteiger partial charge is 0.497 e. The molecule has 0 amide bonds. The van der Waals surface area contributed by atoms with Gasteiger partial charge in [-0.15, -0.1) is 0 Å². The van der Waals surface area contributed by atoms with Crippen LogP contribution in [0.3, 0.4) is 0 Å². The number of ether oxygens (including phenoxy) is 2. The maximum Gasteiger partial charge on any atom is 0.183 e. The molecule has 1 aliphatic rings. The summed E-state index contributed by atoms with van der Waals surface area (Å²) in [6.07, 6.45) is 0. The molecule has 1 saturated heterocycles. The molecule has 1 atom stereocenters. The predicted molar refractivity (Wildman–Crippen MR) is 111 cm³/mol. The molecule has 1 unspecified atom stereocenters. The van der Waals surface area contributed by atoms with Crippen molar-refractivity contribution in [3.8, 4) is 11.5 Å². The third-order valence-electron chi connectivity index (χ3n) is 5.23. The van der Waals surface area contributed by atoms with Crippen molar-refractivity contribution in [1.82, 2.24) is 0 Å². The Hall–Kier alpha value is -3.18. The summed E-state index contributed by atoms with van der Waals surface area (Å²) in [7, 11) is 3.31. The Bertz CT molecular complexity index is 913. The Morgan fingerprint density at radius 2 is 1.29 bits per heavy atom. The van der Waals surface area contributed by atoms with Crippen molar-refractivity contribution in [2.24, 2.45) is 0 Å². The first-order chi connectivity index (χ1) is 13.6. The van der Waals surface area contributed by atoms with Gasteiger partial charge in [0.1, 0.15) is 11.5 Å². The van der Waals surface area contributed by atoms with E-state index in [-0.39, 0.29) is 0 Å². The van der Waals surface area contributed by atoms with Crippen LogP contribution in [-0.4, -0.2) is 32.5 Å². The molecular weight excluding hydrogens is 352 g/mol. The lowest BCUT2D eigenvalue weighted by atomic mass is 10.0. The molecule has 5 nitrogen and oxygen atoms in total. The van der Waals surface area contributed by atoms with Gasteiger partial charge in [0.05, 0.1) is 27.4 Å². The molecule has 144 valence electrons. The molecule has 1 aliphatic heterocycles. The van der Waals surface area contributed by atoms with E-state index in [9.17, 15) is 5.11 Å². The molecule has 0 aromatic heterocycles. The van der Waals surface area contributed by atoms with E-state index < -0.39 is 5.72 Å². The first-order valence-corrected chi connectivity index (χ1v) is 9.22. The number of benzene rings is 3. The Morgan fingerprint density at radius 3 is 1.82 bits per heavy atom. The van der Waals surface area contributed by atoms with Crippen molar-refractivity contribution >= 4 is 11.4 Å². The number of anilines is 2. The molecule has 1 N–H and O–H groups in total. The average Bonchev–Trinajstić information content (AvgIpc) is 3.13. The number of β-amino-alcohol motifs (C(OH)–C–C–N with tert-alkyl or cyclic N) is 1. The fourth-order valence-corrected chi connectivity index (χ4v) is 3.66. The maximum atomic E-state index is 11.8. The molecule has 0 spiro atoms. The highest BCUT2D eigenvalue weighted by Gasteiger charge is 2.45. The standard InChI is InChI=1S/C23H24N2O3/c1-27-21-12-8-19(9-13-21)24-16-23(26,18-6-4-3-5-7-18)25(17-24)20-10-14-22(28-2)15-11-20/h3-15,26H,16-17H2,1-2H3. The number of aliphatic hydroxyl groups is 1. The average molecular weight is 376 g/mol. The Balaban J connectivity index is 1.72. The summed E-state index contributed by atoms with van der Waals surface area (Å²) in [6.45, 7) is 1.01. The van der Waals surface area contributed by atoms with Gasteiger partial charge in [0.2, 0.25) is 0 Å². The summed E-state index contributed by atoms with van der Waals surface area (Å²) in [5.41, 5.74) is 1.69. The van der Waals surface area contributed by atoms with Crippen molar-refractivity contribution in [3.63, 3.8) is 0 Å². The summed E-state index contributed by atoms with van der Waals surface area (Å²) < 4.78 is 10.5. The zero-order valence-corrected chi connectivity index (χ0v) is 16.1. The molecule has 0 radical (unpaired) electrons. The molecule has 0 bridgehead atoms. The van der Waals surface area contributed by atoms with E-state index >= 15 is 0 Å². The normalized spacial score (nSPS) is 19.0. The lowest BCUT2D eigenvalue weighted by Crippen LogP contribution is -2.43. The third kappa shape index (κ3) is 3.25. The smallest absolute Gasteiger partial charge is 0.183 e. The maximum absolute atomic E-state index is 11.8. The van der Waals surface area contributed by atoms with Gasteiger partial charge in [-0.2, -0.15) is 0 Å². The second-order valence-electron chi connectivity index (χ2n) is 6.85. The van der Waals surface area contributed by atoms with Gasteiger partial charge in [-0.3, -0.25) is 0 Å².